The molecule has 16 heavy (non-hydrogen) atoms. The first kappa shape index (κ1) is 9.16. The van der Waals surface area contributed by atoms with Gasteiger partial charge in [-0.15, -0.1) is 0 Å². The van der Waals surface area contributed by atoms with Gasteiger partial charge in [-0.2, -0.15) is 0 Å². The number of H-pyrrole nitrogens is 1. The molecule has 0 spiro atoms. The number of benzene rings is 1. The van der Waals surface area contributed by atoms with Crippen LogP contribution < -0.4 is 5.43 Å². The van der Waals surface area contributed by atoms with Gasteiger partial charge in [0.1, 0.15) is 0 Å². The van der Waals surface area contributed by atoms with Crippen molar-refractivity contribution < 1.29 is 0 Å². The smallest absolute Gasteiger partial charge is 0.196 e. The summed E-state index contributed by atoms with van der Waals surface area (Å²) in [5.74, 6) is 0. The van der Waals surface area contributed by atoms with E-state index in [4.69, 9.17) is 0 Å². The third kappa shape index (κ3) is 1.31. The molecular weight excluding hydrogens is 198 g/mol. The lowest BCUT2D eigenvalue weighted by Gasteiger charge is -2.05. The average Bonchev–Trinajstić information content (AvgIpc) is 2.55. The normalized spacial score (nSPS) is 13.8. The maximum atomic E-state index is 12.2. The number of fused-ring (bicyclic) bond motifs is 2. The Morgan fingerprint density at radius 2 is 2.00 bits per heavy atom. The minimum Gasteiger partial charge on any atom is -0.357 e. The summed E-state index contributed by atoms with van der Waals surface area (Å²) in [5, 5.41) is 0.757. The molecular formula is C14H11NO. The van der Waals surface area contributed by atoms with E-state index >= 15 is 0 Å². The summed E-state index contributed by atoms with van der Waals surface area (Å²) in [4.78, 5) is 15.6. The predicted molar refractivity (Wildman–Crippen MR) is 66.4 cm³/mol. The maximum Gasteiger partial charge on any atom is 0.196 e. The van der Waals surface area contributed by atoms with Gasteiger partial charge >= 0.3 is 0 Å². The van der Waals surface area contributed by atoms with Gasteiger partial charge in [-0.3, -0.25) is 4.79 Å². The molecule has 0 radical (unpaired) electrons. The molecule has 0 amide bonds. The molecule has 0 saturated heterocycles. The molecule has 1 aliphatic carbocycles. The number of hydrogen-bond acceptors (Lipinski definition) is 1. The molecule has 0 unspecified atom stereocenters. The Labute approximate surface area is 92.9 Å². The summed E-state index contributed by atoms with van der Waals surface area (Å²) < 4.78 is 0. The van der Waals surface area contributed by atoms with Crippen molar-refractivity contribution in [3.8, 4) is 0 Å². The van der Waals surface area contributed by atoms with Gasteiger partial charge in [-0.05, 0) is 18.2 Å². The summed E-state index contributed by atoms with van der Waals surface area (Å²) in [6.07, 6.45) is 8.59. The van der Waals surface area contributed by atoms with Gasteiger partial charge in [0.2, 0.25) is 0 Å². The molecule has 78 valence electrons. The van der Waals surface area contributed by atoms with Crippen LogP contribution in [0.2, 0.25) is 0 Å². The number of hydrogen-bond donors (Lipinski definition) is 1. The summed E-state index contributed by atoms with van der Waals surface area (Å²) in [7, 11) is 0. The molecule has 1 aliphatic rings. The largest absolute Gasteiger partial charge is 0.357 e. The van der Waals surface area contributed by atoms with Crippen molar-refractivity contribution in [1.29, 1.82) is 0 Å². The maximum absolute atomic E-state index is 12.2. The second-order valence-corrected chi connectivity index (χ2v) is 3.88. The van der Waals surface area contributed by atoms with E-state index in [2.05, 4.69) is 4.98 Å². The highest BCUT2D eigenvalue weighted by Crippen LogP contribution is 2.15. The first-order valence-corrected chi connectivity index (χ1v) is 5.33. The molecule has 2 aromatic rings. The first-order valence-electron chi connectivity index (χ1n) is 5.33. The van der Waals surface area contributed by atoms with E-state index < -0.39 is 0 Å². The highest BCUT2D eigenvalue weighted by molar-refractivity contribution is 5.81. The highest BCUT2D eigenvalue weighted by Gasteiger charge is 2.08. The fraction of sp³-hybridized carbons (Fsp3) is 0.0714. The van der Waals surface area contributed by atoms with Crippen molar-refractivity contribution in [2.24, 2.45) is 0 Å². The van der Waals surface area contributed by atoms with Gasteiger partial charge in [0.05, 0.1) is 0 Å². The summed E-state index contributed by atoms with van der Waals surface area (Å²) in [6, 6.07) is 7.63. The Hall–Kier alpha value is -2.09. The van der Waals surface area contributed by atoms with E-state index in [1.54, 1.807) is 0 Å². The lowest BCUT2D eigenvalue weighted by atomic mass is 10.1. The second-order valence-electron chi connectivity index (χ2n) is 3.88. The zero-order valence-electron chi connectivity index (χ0n) is 8.73. The van der Waals surface area contributed by atoms with E-state index in [0.717, 1.165) is 28.6 Å². The molecule has 2 nitrogen and oxygen atoms in total. The van der Waals surface area contributed by atoms with Crippen LogP contribution in [0.3, 0.4) is 0 Å². The fourth-order valence-corrected chi connectivity index (χ4v) is 2.06. The van der Waals surface area contributed by atoms with Gasteiger partial charge in [-0.25, -0.2) is 0 Å². The zero-order valence-corrected chi connectivity index (χ0v) is 8.73. The first-order chi connectivity index (χ1) is 7.86. The lowest BCUT2D eigenvalue weighted by molar-refractivity contribution is 1.13. The average molecular weight is 209 g/mol. The van der Waals surface area contributed by atoms with Crippen molar-refractivity contribution in [2.75, 3.05) is 0 Å². The van der Waals surface area contributed by atoms with E-state index in [1.807, 2.05) is 48.6 Å². The number of para-hydroxylation sites is 1. The topological polar surface area (TPSA) is 32.9 Å². The summed E-state index contributed by atoms with van der Waals surface area (Å²) >= 11 is 0. The Balaban J connectivity index is 2.44. The van der Waals surface area contributed by atoms with E-state index in [9.17, 15) is 4.79 Å². The molecule has 1 aromatic heterocycles. The molecule has 0 bridgehead atoms. The fourth-order valence-electron chi connectivity index (χ4n) is 2.06. The second kappa shape index (κ2) is 3.49. The number of nitrogens with one attached hydrogen (secondary N) is 1. The third-order valence-corrected chi connectivity index (χ3v) is 2.86. The molecule has 0 aliphatic heterocycles. The summed E-state index contributed by atoms with van der Waals surface area (Å²) in [6.45, 7) is 0. The van der Waals surface area contributed by atoms with Crippen molar-refractivity contribution in [2.45, 2.75) is 6.42 Å². The third-order valence-electron chi connectivity index (χ3n) is 2.86. The van der Waals surface area contributed by atoms with Gasteiger partial charge in [0.15, 0.2) is 5.43 Å². The Bertz CT molecular complexity index is 662. The van der Waals surface area contributed by atoms with E-state index in [-0.39, 0.29) is 5.43 Å². The highest BCUT2D eigenvalue weighted by atomic mass is 16.1. The Kier molecular flexibility index (Phi) is 2.00. The monoisotopic (exact) mass is 209 g/mol. The quantitative estimate of drug-likeness (QED) is 0.710. The van der Waals surface area contributed by atoms with Gasteiger partial charge < -0.3 is 4.98 Å². The Morgan fingerprint density at radius 1 is 1.12 bits per heavy atom. The minimum absolute atomic E-state index is 0.115. The van der Waals surface area contributed by atoms with E-state index in [1.165, 1.54) is 0 Å². The molecule has 0 saturated carbocycles. The van der Waals surface area contributed by atoms with Crippen molar-refractivity contribution >= 4 is 17.0 Å². The van der Waals surface area contributed by atoms with Gasteiger partial charge in [-0.1, -0.05) is 30.4 Å². The minimum atomic E-state index is 0.115. The number of aromatic amines is 1. The molecule has 0 atom stereocenters. The zero-order chi connectivity index (χ0) is 11.0. The lowest BCUT2D eigenvalue weighted by Crippen LogP contribution is -2.10. The molecule has 1 heterocycles. The van der Waals surface area contributed by atoms with Crippen LogP contribution in [-0.4, -0.2) is 4.98 Å². The predicted octanol–water partition coefficient (Wildman–Crippen LogP) is 2.65. The van der Waals surface area contributed by atoms with Crippen LogP contribution >= 0.6 is 0 Å². The SMILES string of the molecule is O=c1c2c([nH]c3ccccc13)CC=CC=C2. The van der Waals surface area contributed by atoms with Crippen molar-refractivity contribution in [3.05, 3.63) is 64.0 Å². The summed E-state index contributed by atoms with van der Waals surface area (Å²) in [5.41, 5.74) is 2.80. The molecule has 2 heteroatoms. The Morgan fingerprint density at radius 3 is 2.94 bits per heavy atom. The van der Waals surface area contributed by atoms with Crippen LogP contribution in [0, 0.1) is 0 Å². The van der Waals surface area contributed by atoms with Gasteiger partial charge in [0, 0.05) is 28.6 Å². The van der Waals surface area contributed by atoms with Crippen molar-refractivity contribution in [3.63, 3.8) is 0 Å². The number of aromatic nitrogens is 1. The van der Waals surface area contributed by atoms with Crippen LogP contribution in [0.5, 0.6) is 0 Å². The van der Waals surface area contributed by atoms with Crippen LogP contribution in [0.4, 0.5) is 0 Å². The number of allylic oxidation sites excluding steroid dienone is 3. The molecule has 0 fully saturated rings. The van der Waals surface area contributed by atoms with Crippen LogP contribution in [0.1, 0.15) is 11.3 Å². The molecule has 3 rings (SSSR count). The van der Waals surface area contributed by atoms with Crippen molar-refractivity contribution in [1.82, 2.24) is 4.98 Å². The molecule has 1 aromatic carbocycles. The standard InChI is InChI=1S/C14H11NO/c16-14-10-6-2-1-3-8-12(10)15-13-9-5-4-7-11(13)14/h1-7,9H,8H2,(H,15,16). The van der Waals surface area contributed by atoms with E-state index in [0.29, 0.717) is 0 Å². The van der Waals surface area contributed by atoms with Crippen LogP contribution in [0.25, 0.3) is 17.0 Å². The molecule has 1 N–H and O–H groups in total. The number of rotatable bonds is 0. The van der Waals surface area contributed by atoms with Crippen LogP contribution in [0.15, 0.2) is 47.3 Å². The van der Waals surface area contributed by atoms with Crippen LogP contribution in [-0.2, 0) is 6.42 Å². The number of pyridine rings is 1. The van der Waals surface area contributed by atoms with Gasteiger partial charge in [0.25, 0.3) is 0 Å².